The quantitative estimate of drug-likeness (QED) is 0.851. The minimum Gasteiger partial charge on any atom is -0.387 e. The maximum Gasteiger partial charge on any atom is 0.189 e. The fraction of sp³-hybridized carbons (Fsp3) is 0.238. The Balaban J connectivity index is 1.59. The van der Waals surface area contributed by atoms with E-state index in [-0.39, 0.29) is 17.6 Å². The summed E-state index contributed by atoms with van der Waals surface area (Å²) in [6.07, 6.45) is 1.26. The zero-order valence-corrected chi connectivity index (χ0v) is 14.1. The maximum atomic E-state index is 12.5. The number of nitrogens with one attached hydrogen (secondary N) is 1. The Morgan fingerprint density at radius 3 is 2.32 bits per heavy atom. The van der Waals surface area contributed by atoms with E-state index in [4.69, 9.17) is 0 Å². The van der Waals surface area contributed by atoms with Crippen LogP contribution in [0.2, 0.25) is 0 Å². The van der Waals surface area contributed by atoms with Crippen LogP contribution in [0.3, 0.4) is 0 Å². The first-order valence-corrected chi connectivity index (χ1v) is 8.43. The molecule has 0 amide bonds. The molecule has 3 rings (SSSR count). The lowest BCUT2D eigenvalue weighted by Gasteiger charge is -2.21. The van der Waals surface area contributed by atoms with Crippen LogP contribution in [-0.2, 0) is 0 Å². The molecule has 0 fully saturated rings. The number of hydrogen-bond acceptors (Lipinski definition) is 4. The highest BCUT2D eigenvalue weighted by atomic mass is 16.3. The van der Waals surface area contributed by atoms with Gasteiger partial charge in [0.2, 0.25) is 0 Å². The third-order valence-electron chi connectivity index (χ3n) is 4.51. The molecular formula is C21H21NO3. The van der Waals surface area contributed by atoms with Crippen LogP contribution in [0, 0.1) is 0 Å². The van der Waals surface area contributed by atoms with E-state index >= 15 is 0 Å². The Bertz CT molecular complexity index is 811. The van der Waals surface area contributed by atoms with Gasteiger partial charge >= 0.3 is 0 Å². The molecule has 0 aromatic heterocycles. The molecule has 128 valence electrons. The number of allylic oxidation sites excluding steroid dienone is 1. The van der Waals surface area contributed by atoms with Crippen LogP contribution in [0.1, 0.15) is 45.7 Å². The van der Waals surface area contributed by atoms with Crippen molar-refractivity contribution in [2.75, 3.05) is 6.54 Å². The number of carbonyl (C=O) groups is 2. The lowest BCUT2D eigenvalue weighted by molar-refractivity contribution is 0.0980. The number of aliphatic hydroxyl groups is 1. The summed E-state index contributed by atoms with van der Waals surface area (Å²) in [7, 11) is 0. The number of aliphatic hydroxyl groups excluding tert-OH is 1. The van der Waals surface area contributed by atoms with Crippen molar-refractivity contribution in [3.05, 3.63) is 82.9 Å². The maximum absolute atomic E-state index is 12.5. The number of rotatable bonds is 6. The first-order chi connectivity index (χ1) is 12.1. The van der Waals surface area contributed by atoms with E-state index in [0.29, 0.717) is 29.7 Å². The fourth-order valence-corrected chi connectivity index (χ4v) is 3.04. The largest absolute Gasteiger partial charge is 0.387 e. The average molecular weight is 335 g/mol. The van der Waals surface area contributed by atoms with Crippen LogP contribution in [0.5, 0.6) is 0 Å². The molecule has 0 heterocycles. The van der Waals surface area contributed by atoms with E-state index in [1.165, 1.54) is 6.08 Å². The summed E-state index contributed by atoms with van der Waals surface area (Å²) in [6, 6.07) is 16.2. The zero-order valence-electron chi connectivity index (χ0n) is 14.1. The van der Waals surface area contributed by atoms with Crippen LogP contribution >= 0.6 is 0 Å². The van der Waals surface area contributed by atoms with Gasteiger partial charge in [-0.25, -0.2) is 0 Å². The predicted octanol–water partition coefficient (Wildman–Crippen LogP) is 3.09. The van der Waals surface area contributed by atoms with Crippen LogP contribution in [0.4, 0.5) is 0 Å². The summed E-state index contributed by atoms with van der Waals surface area (Å²) < 4.78 is 0. The standard InChI is InChI=1S/C21H21NO3/c1-14(20(24)15-7-3-2-4-8-15)22-12-11-16-13-19(23)17-9-5-6-10-18(17)21(16)25/h2-10,13-14,20,22,24H,11-12H2,1H3. The minimum absolute atomic E-state index is 0.0896. The molecule has 25 heavy (non-hydrogen) atoms. The van der Waals surface area contributed by atoms with Gasteiger partial charge in [-0.05, 0) is 31.5 Å². The van der Waals surface area contributed by atoms with E-state index in [0.717, 1.165) is 5.56 Å². The lowest BCUT2D eigenvalue weighted by atomic mass is 9.88. The van der Waals surface area contributed by atoms with Gasteiger partial charge in [0.1, 0.15) is 0 Å². The highest BCUT2D eigenvalue weighted by Gasteiger charge is 2.24. The Hall–Kier alpha value is -2.56. The third-order valence-corrected chi connectivity index (χ3v) is 4.51. The number of fused-ring (bicyclic) bond motifs is 1. The molecule has 2 N–H and O–H groups in total. The summed E-state index contributed by atoms with van der Waals surface area (Å²) in [5.41, 5.74) is 2.30. The van der Waals surface area contributed by atoms with Gasteiger partial charge in [0.25, 0.3) is 0 Å². The molecule has 0 bridgehead atoms. The molecule has 0 saturated heterocycles. The van der Waals surface area contributed by atoms with E-state index < -0.39 is 6.10 Å². The van der Waals surface area contributed by atoms with Crippen molar-refractivity contribution in [3.8, 4) is 0 Å². The molecule has 0 aliphatic heterocycles. The van der Waals surface area contributed by atoms with Gasteiger partial charge < -0.3 is 10.4 Å². The van der Waals surface area contributed by atoms with Crippen LogP contribution in [0.15, 0.2) is 66.2 Å². The van der Waals surface area contributed by atoms with Gasteiger partial charge in [-0.2, -0.15) is 0 Å². The van der Waals surface area contributed by atoms with E-state index in [1.54, 1.807) is 24.3 Å². The van der Waals surface area contributed by atoms with Crippen molar-refractivity contribution in [2.45, 2.75) is 25.5 Å². The summed E-state index contributed by atoms with van der Waals surface area (Å²) in [4.78, 5) is 24.6. The summed E-state index contributed by atoms with van der Waals surface area (Å²) in [6.45, 7) is 2.41. The number of Topliss-reactive ketones (excluding diaryl/α,β-unsaturated/α-hetero) is 1. The van der Waals surface area contributed by atoms with Crippen molar-refractivity contribution < 1.29 is 14.7 Å². The van der Waals surface area contributed by atoms with E-state index in [9.17, 15) is 14.7 Å². The van der Waals surface area contributed by atoms with Crippen LogP contribution < -0.4 is 5.32 Å². The zero-order chi connectivity index (χ0) is 17.8. The first kappa shape index (κ1) is 17.3. The topological polar surface area (TPSA) is 66.4 Å². The molecule has 0 saturated carbocycles. The van der Waals surface area contributed by atoms with Crippen molar-refractivity contribution >= 4 is 11.6 Å². The lowest BCUT2D eigenvalue weighted by Crippen LogP contribution is -2.33. The summed E-state index contributed by atoms with van der Waals surface area (Å²) in [5.74, 6) is -0.212. The van der Waals surface area contributed by atoms with Crippen molar-refractivity contribution in [1.29, 1.82) is 0 Å². The molecule has 4 heteroatoms. The van der Waals surface area contributed by atoms with E-state index in [2.05, 4.69) is 5.32 Å². The molecule has 2 aromatic rings. The highest BCUT2D eigenvalue weighted by Crippen LogP contribution is 2.23. The Labute approximate surface area is 147 Å². The Morgan fingerprint density at radius 1 is 0.960 bits per heavy atom. The molecule has 2 unspecified atom stereocenters. The van der Waals surface area contributed by atoms with Crippen molar-refractivity contribution in [2.24, 2.45) is 0 Å². The molecular weight excluding hydrogens is 314 g/mol. The monoisotopic (exact) mass is 335 g/mol. The Morgan fingerprint density at radius 2 is 1.60 bits per heavy atom. The first-order valence-electron chi connectivity index (χ1n) is 8.43. The van der Waals surface area contributed by atoms with Gasteiger partial charge in [0.05, 0.1) is 6.10 Å². The number of benzene rings is 2. The minimum atomic E-state index is -0.625. The SMILES string of the molecule is CC(NCCC1=CC(=O)c2ccccc2C1=O)C(O)c1ccccc1. The Kier molecular flexibility index (Phi) is 5.22. The van der Waals surface area contributed by atoms with E-state index in [1.807, 2.05) is 37.3 Å². The van der Waals surface area contributed by atoms with Gasteiger partial charge in [0, 0.05) is 22.7 Å². The van der Waals surface area contributed by atoms with Gasteiger partial charge in [-0.3, -0.25) is 9.59 Å². The van der Waals surface area contributed by atoms with Gasteiger partial charge in [-0.1, -0.05) is 54.6 Å². The molecule has 0 radical (unpaired) electrons. The molecule has 2 atom stereocenters. The second-order valence-corrected chi connectivity index (χ2v) is 6.26. The van der Waals surface area contributed by atoms with Gasteiger partial charge in [0.15, 0.2) is 11.6 Å². The second kappa shape index (κ2) is 7.55. The second-order valence-electron chi connectivity index (χ2n) is 6.26. The normalized spacial score (nSPS) is 16.2. The average Bonchev–Trinajstić information content (AvgIpc) is 2.65. The van der Waals surface area contributed by atoms with Crippen LogP contribution in [-0.4, -0.2) is 29.3 Å². The third kappa shape index (κ3) is 3.76. The molecule has 1 aliphatic carbocycles. The molecule has 2 aromatic carbocycles. The molecule has 4 nitrogen and oxygen atoms in total. The van der Waals surface area contributed by atoms with Crippen molar-refractivity contribution in [1.82, 2.24) is 5.32 Å². The van der Waals surface area contributed by atoms with Gasteiger partial charge in [-0.15, -0.1) is 0 Å². The smallest absolute Gasteiger partial charge is 0.189 e. The van der Waals surface area contributed by atoms with Crippen molar-refractivity contribution in [3.63, 3.8) is 0 Å². The fourth-order valence-electron chi connectivity index (χ4n) is 3.04. The summed E-state index contributed by atoms with van der Waals surface area (Å²) >= 11 is 0. The molecule has 0 spiro atoms. The number of hydrogen-bond donors (Lipinski definition) is 2. The molecule has 1 aliphatic rings. The number of ketones is 2. The van der Waals surface area contributed by atoms with Crippen LogP contribution in [0.25, 0.3) is 0 Å². The summed E-state index contributed by atoms with van der Waals surface area (Å²) in [5, 5.41) is 13.6. The highest BCUT2D eigenvalue weighted by molar-refractivity contribution is 6.24. The number of carbonyl (C=O) groups excluding carboxylic acids is 2. The predicted molar refractivity (Wildman–Crippen MR) is 96.7 cm³/mol.